The van der Waals surface area contributed by atoms with E-state index in [1.54, 1.807) is 31.2 Å². The molecule has 0 saturated carbocycles. The van der Waals surface area contributed by atoms with E-state index in [-0.39, 0.29) is 23.2 Å². The first-order valence-electron chi connectivity index (χ1n) is 6.45. The van der Waals surface area contributed by atoms with Gasteiger partial charge >= 0.3 is 5.97 Å². The summed E-state index contributed by atoms with van der Waals surface area (Å²) in [6.45, 7) is 3.03. The van der Waals surface area contributed by atoms with Gasteiger partial charge in [0.15, 0.2) is 11.2 Å². The van der Waals surface area contributed by atoms with Crippen molar-refractivity contribution in [3.63, 3.8) is 0 Å². The largest absolute Gasteiger partial charge is 0.463 e. The van der Waals surface area contributed by atoms with E-state index in [1.807, 2.05) is 0 Å². The lowest BCUT2D eigenvalue weighted by atomic mass is 10.1. The Morgan fingerprint density at radius 1 is 1.29 bits per heavy atom. The maximum atomic E-state index is 12.3. The average Bonchev–Trinajstić information content (AvgIpc) is 2.46. The first kappa shape index (κ1) is 14.7. The standard InChI is InChI=1S/C16H14O5/c1-3-20-16(19)13(10(2)17)8-11-9-21-14-7-5-4-6-12(14)15(11)18/h4-9H,3H2,1-2H3. The van der Waals surface area contributed by atoms with Gasteiger partial charge in [0, 0.05) is 0 Å². The predicted molar refractivity (Wildman–Crippen MR) is 77.8 cm³/mol. The van der Waals surface area contributed by atoms with Crippen LogP contribution in [0.4, 0.5) is 0 Å². The van der Waals surface area contributed by atoms with Crippen molar-refractivity contribution in [2.45, 2.75) is 13.8 Å². The van der Waals surface area contributed by atoms with Crippen LogP contribution in [0.25, 0.3) is 17.0 Å². The van der Waals surface area contributed by atoms with E-state index in [0.717, 1.165) is 0 Å². The van der Waals surface area contributed by atoms with Crippen LogP contribution in [0.15, 0.2) is 45.3 Å². The van der Waals surface area contributed by atoms with Gasteiger partial charge in [0.2, 0.25) is 0 Å². The molecule has 0 N–H and O–H groups in total. The Balaban J connectivity index is 2.57. The highest BCUT2D eigenvalue weighted by atomic mass is 16.5. The summed E-state index contributed by atoms with van der Waals surface area (Å²) < 4.78 is 10.1. The predicted octanol–water partition coefficient (Wildman–Crippen LogP) is 2.33. The van der Waals surface area contributed by atoms with Crippen molar-refractivity contribution >= 4 is 28.8 Å². The van der Waals surface area contributed by atoms with Gasteiger partial charge in [-0.25, -0.2) is 4.79 Å². The zero-order valence-corrected chi connectivity index (χ0v) is 11.7. The third kappa shape index (κ3) is 3.08. The maximum Gasteiger partial charge on any atom is 0.341 e. The molecule has 1 heterocycles. The molecule has 2 aromatic rings. The summed E-state index contributed by atoms with van der Waals surface area (Å²) in [5.74, 6) is -1.22. The Morgan fingerprint density at radius 3 is 2.67 bits per heavy atom. The van der Waals surface area contributed by atoms with Gasteiger partial charge in [0.25, 0.3) is 0 Å². The lowest BCUT2D eigenvalue weighted by Crippen LogP contribution is -2.15. The van der Waals surface area contributed by atoms with E-state index in [1.165, 1.54) is 19.3 Å². The van der Waals surface area contributed by atoms with Crippen LogP contribution in [0.5, 0.6) is 0 Å². The highest BCUT2D eigenvalue weighted by Crippen LogP contribution is 2.13. The lowest BCUT2D eigenvalue weighted by molar-refractivity contribution is -0.139. The number of hydrogen-bond donors (Lipinski definition) is 0. The smallest absolute Gasteiger partial charge is 0.341 e. The molecule has 0 bridgehead atoms. The van der Waals surface area contributed by atoms with E-state index in [9.17, 15) is 14.4 Å². The van der Waals surface area contributed by atoms with Gasteiger partial charge < -0.3 is 9.15 Å². The third-order valence-electron chi connectivity index (χ3n) is 2.88. The Hall–Kier alpha value is -2.69. The Morgan fingerprint density at radius 2 is 2.00 bits per heavy atom. The number of ether oxygens (including phenoxy) is 1. The molecule has 0 atom stereocenters. The van der Waals surface area contributed by atoms with Crippen LogP contribution in [0.2, 0.25) is 0 Å². The zero-order chi connectivity index (χ0) is 15.4. The van der Waals surface area contributed by atoms with Crippen LogP contribution in [-0.4, -0.2) is 18.4 Å². The highest BCUT2D eigenvalue weighted by molar-refractivity contribution is 6.19. The molecule has 0 saturated heterocycles. The molecule has 1 aromatic carbocycles. The normalized spacial score (nSPS) is 11.4. The topological polar surface area (TPSA) is 73.6 Å². The molecule has 108 valence electrons. The molecule has 21 heavy (non-hydrogen) atoms. The quantitative estimate of drug-likeness (QED) is 0.373. The fourth-order valence-corrected chi connectivity index (χ4v) is 1.86. The fourth-order valence-electron chi connectivity index (χ4n) is 1.86. The Labute approximate surface area is 120 Å². The zero-order valence-electron chi connectivity index (χ0n) is 11.7. The van der Waals surface area contributed by atoms with Crippen molar-refractivity contribution in [3.8, 4) is 0 Å². The van der Waals surface area contributed by atoms with Crippen molar-refractivity contribution in [3.05, 3.63) is 51.9 Å². The number of para-hydroxylation sites is 1. The highest BCUT2D eigenvalue weighted by Gasteiger charge is 2.17. The number of ketones is 1. The molecule has 5 heteroatoms. The summed E-state index contributed by atoms with van der Waals surface area (Å²) in [6.07, 6.45) is 2.44. The molecule has 5 nitrogen and oxygen atoms in total. The second-order valence-electron chi connectivity index (χ2n) is 4.35. The van der Waals surface area contributed by atoms with Crippen molar-refractivity contribution in [2.24, 2.45) is 0 Å². The molecule has 2 rings (SSSR count). The van der Waals surface area contributed by atoms with Crippen LogP contribution in [0.1, 0.15) is 19.4 Å². The van der Waals surface area contributed by atoms with Crippen molar-refractivity contribution < 1.29 is 18.7 Å². The molecule has 0 aliphatic heterocycles. The molecular weight excluding hydrogens is 272 g/mol. The summed E-state index contributed by atoms with van der Waals surface area (Å²) in [7, 11) is 0. The summed E-state index contributed by atoms with van der Waals surface area (Å²) in [6, 6.07) is 6.75. The van der Waals surface area contributed by atoms with Gasteiger partial charge in [-0.05, 0) is 32.1 Å². The molecule has 0 aliphatic carbocycles. The molecule has 0 spiro atoms. The molecule has 0 unspecified atom stereocenters. The monoisotopic (exact) mass is 286 g/mol. The number of benzene rings is 1. The first-order valence-corrected chi connectivity index (χ1v) is 6.45. The Kier molecular flexibility index (Phi) is 4.33. The minimum absolute atomic E-state index is 0.131. The minimum Gasteiger partial charge on any atom is -0.463 e. The maximum absolute atomic E-state index is 12.3. The summed E-state index contributed by atoms with van der Waals surface area (Å²) >= 11 is 0. The van der Waals surface area contributed by atoms with E-state index < -0.39 is 11.8 Å². The van der Waals surface area contributed by atoms with Crippen LogP contribution in [0.3, 0.4) is 0 Å². The molecule has 0 aliphatic rings. The fraction of sp³-hybridized carbons (Fsp3) is 0.188. The Bertz CT molecular complexity index is 783. The molecular formula is C16H14O5. The summed E-state index contributed by atoms with van der Waals surface area (Å²) in [5, 5.41) is 0.387. The van der Waals surface area contributed by atoms with Gasteiger partial charge in [-0.1, -0.05) is 12.1 Å². The van der Waals surface area contributed by atoms with Crippen molar-refractivity contribution in [1.29, 1.82) is 0 Å². The summed E-state index contributed by atoms with van der Waals surface area (Å²) in [4.78, 5) is 35.6. The number of fused-ring (bicyclic) bond motifs is 1. The van der Waals surface area contributed by atoms with Crippen LogP contribution in [-0.2, 0) is 14.3 Å². The lowest BCUT2D eigenvalue weighted by Gasteiger charge is -2.04. The van der Waals surface area contributed by atoms with E-state index in [0.29, 0.717) is 11.0 Å². The van der Waals surface area contributed by atoms with Crippen LogP contribution >= 0.6 is 0 Å². The number of esters is 1. The van der Waals surface area contributed by atoms with Gasteiger partial charge in [-0.2, -0.15) is 0 Å². The first-order chi connectivity index (χ1) is 10.0. The summed E-state index contributed by atoms with van der Waals surface area (Å²) in [5.41, 5.74) is 0.0893. The number of hydrogen-bond acceptors (Lipinski definition) is 5. The van der Waals surface area contributed by atoms with Crippen molar-refractivity contribution in [1.82, 2.24) is 0 Å². The number of carbonyl (C=O) groups is 2. The number of carbonyl (C=O) groups excluding carboxylic acids is 2. The average molecular weight is 286 g/mol. The van der Waals surface area contributed by atoms with E-state index >= 15 is 0 Å². The van der Waals surface area contributed by atoms with Crippen LogP contribution < -0.4 is 5.43 Å². The minimum atomic E-state index is -0.752. The molecule has 0 fully saturated rings. The van der Waals surface area contributed by atoms with Gasteiger partial charge in [0.05, 0.1) is 17.6 Å². The number of Topliss-reactive ketones (excluding diaryl/α,β-unsaturated/α-hetero) is 1. The second kappa shape index (κ2) is 6.17. The SMILES string of the molecule is CCOC(=O)C(=Cc1coc2ccccc2c1=O)C(C)=O. The number of rotatable bonds is 4. The second-order valence-corrected chi connectivity index (χ2v) is 4.35. The van der Waals surface area contributed by atoms with E-state index in [2.05, 4.69) is 0 Å². The molecule has 0 amide bonds. The van der Waals surface area contributed by atoms with Gasteiger partial charge in [0.1, 0.15) is 17.4 Å². The van der Waals surface area contributed by atoms with E-state index in [4.69, 9.17) is 9.15 Å². The third-order valence-corrected chi connectivity index (χ3v) is 2.88. The molecule has 1 aromatic heterocycles. The van der Waals surface area contributed by atoms with Crippen molar-refractivity contribution in [2.75, 3.05) is 6.61 Å². The van der Waals surface area contributed by atoms with Crippen LogP contribution in [0, 0.1) is 0 Å². The van der Waals surface area contributed by atoms with Gasteiger partial charge in [-0.15, -0.1) is 0 Å². The van der Waals surface area contributed by atoms with Gasteiger partial charge in [-0.3, -0.25) is 9.59 Å². The molecule has 0 radical (unpaired) electrons.